The quantitative estimate of drug-likeness (QED) is 0.795. The standard InChI is InChI=1S/C16H15F2N5O/c17-11-4-3-10(8-12(11)18)16-20-15(24-22-16)9-23-7-1-2-14(23)13-5-6-19-21-13/h3-6,8,14H,1-2,7,9H2,(H,19,21). The average Bonchev–Trinajstić information content (AvgIpc) is 3.31. The molecule has 3 heterocycles. The van der Waals surface area contributed by atoms with Crippen LogP contribution in [0.1, 0.15) is 30.5 Å². The van der Waals surface area contributed by atoms with Crippen LogP contribution in [0.3, 0.4) is 0 Å². The van der Waals surface area contributed by atoms with Crippen LogP contribution in [0.15, 0.2) is 35.0 Å². The molecule has 1 fully saturated rings. The largest absolute Gasteiger partial charge is 0.338 e. The maximum Gasteiger partial charge on any atom is 0.241 e. The summed E-state index contributed by atoms with van der Waals surface area (Å²) in [5.74, 6) is -1.14. The fourth-order valence-corrected chi connectivity index (χ4v) is 3.07. The molecule has 1 N–H and O–H groups in total. The highest BCUT2D eigenvalue weighted by molar-refractivity contribution is 5.54. The zero-order valence-corrected chi connectivity index (χ0v) is 12.7. The van der Waals surface area contributed by atoms with Gasteiger partial charge in [0.1, 0.15) is 0 Å². The molecule has 24 heavy (non-hydrogen) atoms. The van der Waals surface area contributed by atoms with Gasteiger partial charge in [-0.2, -0.15) is 10.1 Å². The Bertz CT molecular complexity index is 833. The third kappa shape index (κ3) is 2.80. The molecule has 6 nitrogen and oxygen atoms in total. The summed E-state index contributed by atoms with van der Waals surface area (Å²) in [5.41, 5.74) is 1.45. The molecular weight excluding hydrogens is 316 g/mol. The number of likely N-dealkylation sites (tertiary alicyclic amines) is 1. The number of benzene rings is 1. The topological polar surface area (TPSA) is 70.8 Å². The van der Waals surface area contributed by atoms with Gasteiger partial charge in [0.2, 0.25) is 11.7 Å². The molecular formula is C16H15F2N5O. The first-order valence-corrected chi connectivity index (χ1v) is 7.72. The lowest BCUT2D eigenvalue weighted by Crippen LogP contribution is -2.23. The van der Waals surface area contributed by atoms with E-state index < -0.39 is 11.6 Å². The highest BCUT2D eigenvalue weighted by Crippen LogP contribution is 2.31. The highest BCUT2D eigenvalue weighted by Gasteiger charge is 2.28. The Morgan fingerprint density at radius 2 is 2.17 bits per heavy atom. The summed E-state index contributed by atoms with van der Waals surface area (Å²) in [6, 6.07) is 5.74. The number of aromatic amines is 1. The van der Waals surface area contributed by atoms with E-state index in [0.717, 1.165) is 37.2 Å². The minimum absolute atomic E-state index is 0.242. The van der Waals surface area contributed by atoms with E-state index in [9.17, 15) is 8.78 Å². The van der Waals surface area contributed by atoms with Gasteiger partial charge in [0.25, 0.3) is 0 Å². The second-order valence-electron chi connectivity index (χ2n) is 5.78. The van der Waals surface area contributed by atoms with Crippen molar-refractivity contribution in [2.75, 3.05) is 6.54 Å². The minimum atomic E-state index is -0.933. The van der Waals surface area contributed by atoms with Crippen molar-refractivity contribution < 1.29 is 13.3 Å². The molecule has 0 spiro atoms. The molecule has 1 aliphatic rings. The maximum atomic E-state index is 13.3. The van der Waals surface area contributed by atoms with E-state index in [1.54, 1.807) is 6.20 Å². The van der Waals surface area contributed by atoms with Crippen molar-refractivity contribution in [3.8, 4) is 11.4 Å². The Morgan fingerprint density at radius 1 is 1.25 bits per heavy atom. The van der Waals surface area contributed by atoms with E-state index in [1.807, 2.05) is 6.07 Å². The van der Waals surface area contributed by atoms with E-state index >= 15 is 0 Å². The molecule has 0 saturated carbocycles. The zero-order chi connectivity index (χ0) is 16.5. The number of hydrogen-bond acceptors (Lipinski definition) is 5. The van der Waals surface area contributed by atoms with E-state index in [0.29, 0.717) is 18.0 Å². The molecule has 1 aliphatic heterocycles. The third-order valence-electron chi connectivity index (χ3n) is 4.23. The van der Waals surface area contributed by atoms with Crippen molar-refractivity contribution in [1.29, 1.82) is 0 Å². The smallest absolute Gasteiger partial charge is 0.241 e. The van der Waals surface area contributed by atoms with Crippen molar-refractivity contribution in [3.63, 3.8) is 0 Å². The molecule has 8 heteroatoms. The van der Waals surface area contributed by atoms with Gasteiger partial charge in [0.15, 0.2) is 11.6 Å². The average molecular weight is 331 g/mol. The van der Waals surface area contributed by atoms with Gasteiger partial charge in [0, 0.05) is 11.8 Å². The van der Waals surface area contributed by atoms with Gasteiger partial charge in [-0.1, -0.05) is 5.16 Å². The molecule has 0 bridgehead atoms. The number of rotatable bonds is 4. The Balaban J connectivity index is 1.51. The summed E-state index contributed by atoms with van der Waals surface area (Å²) >= 11 is 0. The Morgan fingerprint density at radius 3 is 2.96 bits per heavy atom. The van der Waals surface area contributed by atoms with Crippen LogP contribution in [0.5, 0.6) is 0 Å². The molecule has 2 aromatic heterocycles. The Hall–Kier alpha value is -2.61. The predicted octanol–water partition coefficient (Wildman–Crippen LogP) is 3.08. The number of halogens is 2. The van der Waals surface area contributed by atoms with Crippen LogP contribution in [-0.2, 0) is 6.54 Å². The van der Waals surface area contributed by atoms with Crippen molar-refractivity contribution in [2.45, 2.75) is 25.4 Å². The van der Waals surface area contributed by atoms with E-state index in [1.165, 1.54) is 6.07 Å². The molecule has 1 unspecified atom stereocenters. The molecule has 4 rings (SSSR count). The summed E-state index contributed by atoms with van der Waals surface area (Å²) in [5, 5.41) is 10.9. The monoisotopic (exact) mass is 331 g/mol. The molecule has 3 aromatic rings. The van der Waals surface area contributed by atoms with E-state index in [2.05, 4.69) is 25.2 Å². The Labute approximate surface area is 136 Å². The van der Waals surface area contributed by atoms with Gasteiger partial charge in [-0.15, -0.1) is 0 Å². The molecule has 1 saturated heterocycles. The van der Waals surface area contributed by atoms with Crippen LogP contribution in [0, 0.1) is 11.6 Å². The lowest BCUT2D eigenvalue weighted by Gasteiger charge is -2.21. The molecule has 124 valence electrons. The number of nitrogens with one attached hydrogen (secondary N) is 1. The maximum absolute atomic E-state index is 13.3. The Kier molecular flexibility index (Phi) is 3.81. The first-order valence-electron chi connectivity index (χ1n) is 7.72. The van der Waals surface area contributed by atoms with Crippen LogP contribution in [0.2, 0.25) is 0 Å². The van der Waals surface area contributed by atoms with Gasteiger partial charge in [-0.05, 0) is 43.7 Å². The van der Waals surface area contributed by atoms with Gasteiger partial charge < -0.3 is 4.52 Å². The molecule has 1 atom stereocenters. The SMILES string of the molecule is Fc1ccc(-c2noc(CN3CCCC3c3ccn[nH]3)n2)cc1F. The van der Waals surface area contributed by atoms with Crippen molar-refractivity contribution in [3.05, 3.63) is 53.7 Å². The highest BCUT2D eigenvalue weighted by atomic mass is 19.2. The minimum Gasteiger partial charge on any atom is -0.338 e. The molecule has 1 aromatic carbocycles. The van der Waals surface area contributed by atoms with E-state index in [4.69, 9.17) is 4.52 Å². The summed E-state index contributed by atoms with van der Waals surface area (Å²) in [6.07, 6.45) is 3.85. The molecule has 0 aliphatic carbocycles. The summed E-state index contributed by atoms with van der Waals surface area (Å²) in [6.45, 7) is 1.42. The van der Waals surface area contributed by atoms with Gasteiger partial charge in [0.05, 0.1) is 18.3 Å². The number of nitrogens with zero attached hydrogens (tertiary/aromatic N) is 4. The third-order valence-corrected chi connectivity index (χ3v) is 4.23. The summed E-state index contributed by atoms with van der Waals surface area (Å²) < 4.78 is 31.6. The number of H-pyrrole nitrogens is 1. The van der Waals surface area contributed by atoms with Crippen molar-refractivity contribution >= 4 is 0 Å². The summed E-state index contributed by atoms with van der Waals surface area (Å²) in [4.78, 5) is 6.53. The summed E-state index contributed by atoms with van der Waals surface area (Å²) in [7, 11) is 0. The van der Waals surface area contributed by atoms with Gasteiger partial charge in [-0.25, -0.2) is 8.78 Å². The van der Waals surface area contributed by atoms with Gasteiger partial charge in [-0.3, -0.25) is 10.00 Å². The van der Waals surface area contributed by atoms with Crippen LogP contribution in [-0.4, -0.2) is 31.8 Å². The lowest BCUT2D eigenvalue weighted by molar-refractivity contribution is 0.209. The number of hydrogen-bond donors (Lipinski definition) is 1. The zero-order valence-electron chi connectivity index (χ0n) is 12.7. The fourth-order valence-electron chi connectivity index (χ4n) is 3.07. The van der Waals surface area contributed by atoms with Crippen LogP contribution >= 0.6 is 0 Å². The normalized spacial score (nSPS) is 18.3. The van der Waals surface area contributed by atoms with E-state index in [-0.39, 0.29) is 11.9 Å². The molecule has 0 radical (unpaired) electrons. The van der Waals surface area contributed by atoms with Crippen LogP contribution in [0.4, 0.5) is 8.78 Å². The number of aromatic nitrogens is 4. The molecule has 0 amide bonds. The first kappa shape index (κ1) is 14.9. The van der Waals surface area contributed by atoms with Crippen molar-refractivity contribution in [1.82, 2.24) is 25.2 Å². The second kappa shape index (κ2) is 6.12. The lowest BCUT2D eigenvalue weighted by atomic mass is 10.1. The first-order chi connectivity index (χ1) is 11.7. The second-order valence-corrected chi connectivity index (χ2v) is 5.78. The van der Waals surface area contributed by atoms with Crippen LogP contribution < -0.4 is 0 Å². The van der Waals surface area contributed by atoms with Gasteiger partial charge >= 0.3 is 0 Å². The van der Waals surface area contributed by atoms with Crippen LogP contribution in [0.25, 0.3) is 11.4 Å². The predicted molar refractivity (Wildman–Crippen MR) is 80.6 cm³/mol. The van der Waals surface area contributed by atoms with Crippen molar-refractivity contribution in [2.24, 2.45) is 0 Å². The fraction of sp³-hybridized carbons (Fsp3) is 0.312.